The number of rotatable bonds is 5. The molecule has 0 atom stereocenters. The minimum atomic E-state index is -0.457. The molecule has 0 radical (unpaired) electrons. The molecule has 0 N–H and O–H groups in total. The Morgan fingerprint density at radius 2 is 0.725 bits per heavy atom. The minimum absolute atomic E-state index is 0.457. The first-order chi connectivity index (χ1) is 34.2. The molecule has 0 bridgehead atoms. The summed E-state index contributed by atoms with van der Waals surface area (Å²) in [6.07, 6.45) is 0. The van der Waals surface area contributed by atoms with E-state index in [9.17, 15) is 0 Å². The second kappa shape index (κ2) is 14.5. The molecule has 69 heavy (non-hydrogen) atoms. The lowest BCUT2D eigenvalue weighted by Gasteiger charge is -2.32. The van der Waals surface area contributed by atoms with Crippen LogP contribution in [0.1, 0.15) is 22.3 Å². The van der Waals surface area contributed by atoms with Gasteiger partial charge >= 0.3 is 0 Å². The lowest BCUT2D eigenvalue weighted by Crippen LogP contribution is -2.26. The van der Waals surface area contributed by atoms with Crippen molar-refractivity contribution in [3.63, 3.8) is 0 Å². The monoisotopic (exact) mass is 875 g/mol. The first-order valence-electron chi connectivity index (χ1n) is 23.9. The molecular formula is C67H41NO. The van der Waals surface area contributed by atoms with E-state index in [0.29, 0.717) is 0 Å². The molecule has 0 saturated heterocycles. The molecule has 0 saturated carbocycles. The zero-order valence-electron chi connectivity index (χ0n) is 37.5. The van der Waals surface area contributed by atoms with Gasteiger partial charge in [0.1, 0.15) is 11.2 Å². The summed E-state index contributed by atoms with van der Waals surface area (Å²) in [6, 6.07) is 92.0. The molecule has 0 unspecified atom stereocenters. The third-order valence-corrected chi connectivity index (χ3v) is 15.3. The number of benzene rings is 12. The molecule has 2 aliphatic rings. The Bertz CT molecular complexity index is 4170. The maximum atomic E-state index is 6.30. The fraction of sp³-hybridized carbons (Fsp3) is 0.0149. The van der Waals surface area contributed by atoms with E-state index in [2.05, 4.69) is 248 Å². The van der Waals surface area contributed by atoms with E-state index in [1.54, 1.807) is 0 Å². The average Bonchev–Trinajstić information content (AvgIpc) is 4.06. The topological polar surface area (TPSA) is 16.4 Å². The van der Waals surface area contributed by atoms with Crippen molar-refractivity contribution in [1.29, 1.82) is 0 Å². The first kappa shape index (κ1) is 38.2. The van der Waals surface area contributed by atoms with E-state index < -0.39 is 5.41 Å². The van der Waals surface area contributed by atoms with E-state index in [1.165, 1.54) is 82.4 Å². The van der Waals surface area contributed by atoms with Gasteiger partial charge in [-0.2, -0.15) is 0 Å². The van der Waals surface area contributed by atoms with Crippen LogP contribution in [-0.4, -0.2) is 0 Å². The summed E-state index contributed by atoms with van der Waals surface area (Å²) in [6.45, 7) is 0. The van der Waals surface area contributed by atoms with Crippen LogP contribution in [0.15, 0.2) is 253 Å². The summed E-state index contributed by atoms with van der Waals surface area (Å²) in [4.78, 5) is 2.47. The Balaban J connectivity index is 0.929. The summed E-state index contributed by atoms with van der Waals surface area (Å²) in [5, 5.41) is 9.85. The Hall–Kier alpha value is -8.98. The van der Waals surface area contributed by atoms with Crippen LogP contribution in [0, 0.1) is 0 Å². The van der Waals surface area contributed by atoms with E-state index in [1.807, 2.05) is 6.07 Å². The molecule has 0 aliphatic heterocycles. The third-order valence-electron chi connectivity index (χ3n) is 15.3. The summed E-state index contributed by atoms with van der Waals surface area (Å²) >= 11 is 0. The highest BCUT2D eigenvalue weighted by atomic mass is 16.3. The normalized spacial score (nSPS) is 13.0. The van der Waals surface area contributed by atoms with Crippen LogP contribution in [-0.2, 0) is 5.41 Å². The molecule has 2 heteroatoms. The molecule has 1 aromatic heterocycles. The molecule has 13 aromatic rings. The first-order valence-corrected chi connectivity index (χ1v) is 23.9. The maximum absolute atomic E-state index is 6.30. The van der Waals surface area contributed by atoms with Crippen molar-refractivity contribution in [2.45, 2.75) is 5.41 Å². The van der Waals surface area contributed by atoms with Crippen LogP contribution >= 0.6 is 0 Å². The van der Waals surface area contributed by atoms with E-state index in [0.717, 1.165) is 55.7 Å². The van der Waals surface area contributed by atoms with Crippen molar-refractivity contribution in [3.05, 3.63) is 271 Å². The van der Waals surface area contributed by atoms with E-state index >= 15 is 0 Å². The fourth-order valence-corrected chi connectivity index (χ4v) is 12.4. The lowest BCUT2D eigenvalue weighted by molar-refractivity contribution is 0.669. The predicted octanol–water partition coefficient (Wildman–Crippen LogP) is 18.2. The smallest absolute Gasteiger partial charge is 0.136 e. The molecule has 0 amide bonds. The van der Waals surface area contributed by atoms with Crippen molar-refractivity contribution in [1.82, 2.24) is 0 Å². The number of hydrogen-bond acceptors (Lipinski definition) is 2. The van der Waals surface area contributed by atoms with Gasteiger partial charge in [0, 0.05) is 27.8 Å². The second-order valence-electron chi connectivity index (χ2n) is 18.7. The zero-order chi connectivity index (χ0) is 45.2. The Kier molecular flexibility index (Phi) is 8.02. The van der Waals surface area contributed by atoms with Gasteiger partial charge in [0.05, 0.1) is 5.41 Å². The number of fused-ring (bicyclic) bond motifs is 19. The van der Waals surface area contributed by atoms with Gasteiger partial charge in [0.15, 0.2) is 0 Å². The van der Waals surface area contributed by atoms with Gasteiger partial charge in [0.2, 0.25) is 0 Å². The van der Waals surface area contributed by atoms with Gasteiger partial charge in [-0.05, 0) is 154 Å². The minimum Gasteiger partial charge on any atom is -0.456 e. The zero-order valence-corrected chi connectivity index (χ0v) is 37.5. The maximum Gasteiger partial charge on any atom is 0.136 e. The molecule has 1 spiro atoms. The van der Waals surface area contributed by atoms with E-state index in [4.69, 9.17) is 4.42 Å². The van der Waals surface area contributed by atoms with Crippen LogP contribution in [0.5, 0.6) is 0 Å². The Morgan fingerprint density at radius 3 is 1.39 bits per heavy atom. The van der Waals surface area contributed by atoms with Crippen LogP contribution in [0.4, 0.5) is 17.1 Å². The van der Waals surface area contributed by atoms with Gasteiger partial charge < -0.3 is 9.32 Å². The lowest BCUT2D eigenvalue weighted by atomic mass is 9.70. The third kappa shape index (κ3) is 5.37. The Labute approximate surface area is 399 Å². The molecule has 2 nitrogen and oxygen atoms in total. The van der Waals surface area contributed by atoms with E-state index in [-0.39, 0.29) is 0 Å². The Morgan fingerprint density at radius 1 is 0.261 bits per heavy atom. The van der Waals surface area contributed by atoms with Gasteiger partial charge in [-0.3, -0.25) is 0 Å². The van der Waals surface area contributed by atoms with Crippen LogP contribution in [0.3, 0.4) is 0 Å². The summed E-state index contributed by atoms with van der Waals surface area (Å²) in [5.74, 6) is 0. The number of nitrogens with zero attached hydrogens (tertiary/aromatic N) is 1. The second-order valence-corrected chi connectivity index (χ2v) is 18.7. The molecule has 12 aromatic carbocycles. The number of anilines is 3. The van der Waals surface area contributed by atoms with Gasteiger partial charge in [-0.1, -0.05) is 194 Å². The molecule has 2 aliphatic carbocycles. The average molecular weight is 876 g/mol. The van der Waals surface area contributed by atoms with Gasteiger partial charge in [-0.25, -0.2) is 0 Å². The van der Waals surface area contributed by atoms with Crippen molar-refractivity contribution in [2.75, 3.05) is 4.90 Å². The summed E-state index contributed by atoms with van der Waals surface area (Å²) < 4.78 is 6.30. The summed E-state index contributed by atoms with van der Waals surface area (Å²) in [7, 11) is 0. The quantitative estimate of drug-likeness (QED) is 0.160. The SMILES string of the molecule is c1cc(-c2ccc(N(c3ccc4c(c3)C3(c5ccccc5-c5ccccc53)c3ccccc3-4)c3ccc4c5ccccc5c5ccccc5c4c3)cc2)cc(-c2cccc3oc4ccccc4c23)c1. The van der Waals surface area contributed by atoms with Gasteiger partial charge in [-0.15, -0.1) is 0 Å². The molecule has 0 fully saturated rings. The highest BCUT2D eigenvalue weighted by Gasteiger charge is 2.51. The van der Waals surface area contributed by atoms with Crippen molar-refractivity contribution in [2.24, 2.45) is 0 Å². The molecule has 1 heterocycles. The standard InChI is InChI=1S/C67H41NO/c1-2-19-51-49(17-1)50-18-3-4-20-52(50)59-40-46(35-37-53(51)59)68(45-33-31-42(32-34-45)43-15-13-16-44(39-43)48-25-14-30-65-66(48)58-24-8-12-29-64(58)69-65)47-36-38-57-56-23-7-11-28-62(56)67(63(57)41-47)60-26-9-5-21-54(60)55-22-6-10-27-61(55)67/h1-41H. The number of furan rings is 1. The van der Waals surface area contributed by atoms with Crippen molar-refractivity contribution >= 4 is 71.3 Å². The van der Waals surface area contributed by atoms with Crippen molar-refractivity contribution < 1.29 is 4.42 Å². The van der Waals surface area contributed by atoms with Gasteiger partial charge in [0.25, 0.3) is 0 Å². The molecule has 15 rings (SSSR count). The van der Waals surface area contributed by atoms with Crippen LogP contribution in [0.2, 0.25) is 0 Å². The number of para-hydroxylation sites is 1. The van der Waals surface area contributed by atoms with Crippen LogP contribution < -0.4 is 4.90 Å². The highest BCUT2D eigenvalue weighted by molar-refractivity contribution is 6.26. The highest BCUT2D eigenvalue weighted by Crippen LogP contribution is 2.63. The van der Waals surface area contributed by atoms with Crippen molar-refractivity contribution in [3.8, 4) is 44.5 Å². The number of hydrogen-bond donors (Lipinski definition) is 0. The predicted molar refractivity (Wildman–Crippen MR) is 288 cm³/mol. The molecular weight excluding hydrogens is 835 g/mol. The fourth-order valence-electron chi connectivity index (χ4n) is 12.4. The largest absolute Gasteiger partial charge is 0.456 e. The summed E-state index contributed by atoms with van der Waals surface area (Å²) in [5.41, 5.74) is 19.8. The molecule has 320 valence electrons. The van der Waals surface area contributed by atoms with Crippen LogP contribution in [0.25, 0.3) is 98.8 Å².